The SMILES string of the molecule is CN(C)c1ccc(N2C(=S)NC(c3ccccn3)C2c2cccn2-c2ccc(F)cc2)cc1. The van der Waals surface area contributed by atoms with Crippen LogP contribution in [0.4, 0.5) is 15.8 Å². The van der Waals surface area contributed by atoms with E-state index < -0.39 is 0 Å². The van der Waals surface area contributed by atoms with Gasteiger partial charge >= 0.3 is 0 Å². The molecule has 0 aliphatic carbocycles. The lowest BCUT2D eigenvalue weighted by Gasteiger charge is -2.29. The molecule has 5 nitrogen and oxygen atoms in total. The number of aromatic nitrogens is 2. The van der Waals surface area contributed by atoms with E-state index >= 15 is 0 Å². The highest BCUT2D eigenvalue weighted by Crippen LogP contribution is 2.42. The lowest BCUT2D eigenvalue weighted by Crippen LogP contribution is -2.30. The summed E-state index contributed by atoms with van der Waals surface area (Å²) in [7, 11) is 4.04. The second kappa shape index (κ2) is 8.67. The van der Waals surface area contributed by atoms with E-state index in [9.17, 15) is 4.39 Å². The lowest BCUT2D eigenvalue weighted by molar-refractivity contribution is 0.549. The highest BCUT2D eigenvalue weighted by Gasteiger charge is 2.42. The fraction of sp³-hybridized carbons (Fsp3) is 0.154. The van der Waals surface area contributed by atoms with Crippen molar-refractivity contribution in [3.8, 4) is 5.69 Å². The number of anilines is 2. The molecule has 166 valence electrons. The molecule has 1 aliphatic rings. The zero-order chi connectivity index (χ0) is 22.9. The number of hydrogen-bond acceptors (Lipinski definition) is 3. The van der Waals surface area contributed by atoms with Crippen molar-refractivity contribution in [3.63, 3.8) is 0 Å². The van der Waals surface area contributed by atoms with E-state index in [1.54, 1.807) is 18.3 Å². The van der Waals surface area contributed by atoms with Crippen molar-refractivity contribution >= 4 is 28.7 Å². The van der Waals surface area contributed by atoms with Gasteiger partial charge in [0.25, 0.3) is 0 Å². The number of benzene rings is 2. The fourth-order valence-electron chi connectivity index (χ4n) is 4.32. The molecule has 1 aliphatic heterocycles. The minimum absolute atomic E-state index is 0.152. The topological polar surface area (TPSA) is 36.3 Å². The molecule has 1 N–H and O–H groups in total. The lowest BCUT2D eigenvalue weighted by atomic mass is 10.0. The van der Waals surface area contributed by atoms with Gasteiger partial charge in [-0.05, 0) is 85.0 Å². The van der Waals surface area contributed by atoms with Crippen molar-refractivity contribution in [2.75, 3.05) is 23.9 Å². The van der Waals surface area contributed by atoms with Gasteiger partial charge in [0, 0.05) is 49.2 Å². The van der Waals surface area contributed by atoms with Gasteiger partial charge < -0.3 is 19.7 Å². The third kappa shape index (κ3) is 3.96. The van der Waals surface area contributed by atoms with Crippen LogP contribution in [0.3, 0.4) is 0 Å². The zero-order valence-electron chi connectivity index (χ0n) is 18.4. The molecular formula is C26H24FN5S. The number of thiocarbonyl (C=S) groups is 1. The first kappa shape index (κ1) is 21.2. The van der Waals surface area contributed by atoms with Crippen LogP contribution in [0.15, 0.2) is 91.3 Å². The van der Waals surface area contributed by atoms with E-state index in [0.29, 0.717) is 5.11 Å². The predicted molar refractivity (Wildman–Crippen MR) is 134 cm³/mol. The maximum Gasteiger partial charge on any atom is 0.174 e. The van der Waals surface area contributed by atoms with Crippen LogP contribution < -0.4 is 15.1 Å². The summed E-state index contributed by atoms with van der Waals surface area (Å²) >= 11 is 5.83. The Morgan fingerprint density at radius 2 is 1.64 bits per heavy atom. The summed E-state index contributed by atoms with van der Waals surface area (Å²) in [5.41, 5.74) is 4.93. The zero-order valence-corrected chi connectivity index (χ0v) is 19.2. The van der Waals surface area contributed by atoms with Crippen molar-refractivity contribution in [2.45, 2.75) is 12.1 Å². The van der Waals surface area contributed by atoms with Gasteiger partial charge in [0.05, 0.1) is 11.7 Å². The van der Waals surface area contributed by atoms with Gasteiger partial charge in [0.1, 0.15) is 11.9 Å². The molecule has 1 fully saturated rings. The normalized spacial score (nSPS) is 17.8. The Morgan fingerprint density at radius 3 is 2.30 bits per heavy atom. The molecule has 2 aromatic heterocycles. The molecule has 5 rings (SSSR count). The summed E-state index contributed by atoms with van der Waals surface area (Å²) in [6.07, 6.45) is 3.79. The second-order valence-electron chi connectivity index (χ2n) is 8.19. The Balaban J connectivity index is 1.63. The molecule has 0 radical (unpaired) electrons. The highest BCUT2D eigenvalue weighted by atomic mass is 32.1. The predicted octanol–water partition coefficient (Wildman–Crippen LogP) is 5.25. The third-order valence-corrected chi connectivity index (χ3v) is 6.25. The van der Waals surface area contributed by atoms with Crippen LogP contribution in [0.25, 0.3) is 5.69 Å². The van der Waals surface area contributed by atoms with E-state index in [1.807, 2.05) is 44.6 Å². The van der Waals surface area contributed by atoms with Crippen LogP contribution in [0.1, 0.15) is 23.5 Å². The van der Waals surface area contributed by atoms with E-state index in [-0.39, 0.29) is 17.9 Å². The van der Waals surface area contributed by atoms with Crippen molar-refractivity contribution in [3.05, 3.63) is 108 Å². The monoisotopic (exact) mass is 457 g/mol. The van der Waals surface area contributed by atoms with Gasteiger partial charge in [-0.15, -0.1) is 0 Å². The molecule has 3 heterocycles. The average molecular weight is 458 g/mol. The molecule has 4 aromatic rings. The Kier molecular flexibility index (Phi) is 5.56. The standard InChI is InChI=1S/C26H24FN5S/c1-30(2)19-12-14-21(15-13-19)32-25(24(29-26(32)33)22-6-3-4-16-28-22)23-7-5-17-31(23)20-10-8-18(27)9-11-20/h3-17,24-25H,1-2H3,(H,29,33). The first-order chi connectivity index (χ1) is 16.0. The summed E-state index contributed by atoms with van der Waals surface area (Å²) in [6, 6.07) is 24.5. The Labute approximate surface area is 198 Å². The minimum atomic E-state index is -0.259. The summed E-state index contributed by atoms with van der Waals surface area (Å²) in [5, 5.41) is 4.13. The van der Waals surface area contributed by atoms with Crippen LogP contribution in [0.5, 0.6) is 0 Å². The number of halogens is 1. The molecule has 2 aromatic carbocycles. The number of rotatable bonds is 5. The summed E-state index contributed by atoms with van der Waals surface area (Å²) in [6.45, 7) is 0. The van der Waals surface area contributed by atoms with Crippen LogP contribution in [-0.2, 0) is 0 Å². The highest BCUT2D eigenvalue weighted by molar-refractivity contribution is 7.80. The molecule has 2 atom stereocenters. The summed E-state index contributed by atoms with van der Waals surface area (Å²) in [5.74, 6) is -0.259. The van der Waals surface area contributed by atoms with Crippen molar-refractivity contribution in [2.24, 2.45) is 0 Å². The number of hydrogen-bond donors (Lipinski definition) is 1. The molecule has 7 heteroatoms. The number of nitrogens with one attached hydrogen (secondary N) is 1. The van der Waals surface area contributed by atoms with Gasteiger partial charge in [-0.3, -0.25) is 4.98 Å². The largest absolute Gasteiger partial charge is 0.378 e. The minimum Gasteiger partial charge on any atom is -0.378 e. The average Bonchev–Trinajstić information content (AvgIpc) is 3.44. The first-order valence-electron chi connectivity index (χ1n) is 10.7. The maximum atomic E-state index is 13.6. The Morgan fingerprint density at radius 1 is 0.909 bits per heavy atom. The van der Waals surface area contributed by atoms with E-state index in [4.69, 9.17) is 12.2 Å². The van der Waals surface area contributed by atoms with Crippen LogP contribution in [0, 0.1) is 5.82 Å². The van der Waals surface area contributed by atoms with Crippen LogP contribution in [0.2, 0.25) is 0 Å². The molecule has 33 heavy (non-hydrogen) atoms. The molecule has 0 amide bonds. The quantitative estimate of drug-likeness (QED) is 0.414. The molecule has 0 bridgehead atoms. The van der Waals surface area contributed by atoms with Crippen molar-refractivity contribution < 1.29 is 4.39 Å². The Bertz CT molecular complexity index is 1250. The van der Waals surface area contributed by atoms with Gasteiger partial charge in [-0.2, -0.15) is 0 Å². The van der Waals surface area contributed by atoms with Crippen LogP contribution >= 0.6 is 12.2 Å². The van der Waals surface area contributed by atoms with E-state index in [1.165, 1.54) is 12.1 Å². The van der Waals surface area contributed by atoms with E-state index in [0.717, 1.165) is 28.5 Å². The van der Waals surface area contributed by atoms with Gasteiger partial charge in [0.15, 0.2) is 5.11 Å². The molecule has 1 saturated heterocycles. The van der Waals surface area contributed by atoms with Crippen molar-refractivity contribution in [1.29, 1.82) is 0 Å². The third-order valence-electron chi connectivity index (χ3n) is 5.93. The number of pyridine rings is 1. The second-order valence-corrected chi connectivity index (χ2v) is 8.57. The van der Waals surface area contributed by atoms with Gasteiger partial charge in [-0.1, -0.05) is 6.07 Å². The molecule has 2 unspecified atom stereocenters. The number of nitrogens with zero attached hydrogens (tertiary/aromatic N) is 4. The molecule has 0 saturated carbocycles. The van der Waals surface area contributed by atoms with Crippen molar-refractivity contribution in [1.82, 2.24) is 14.9 Å². The molecular weight excluding hydrogens is 433 g/mol. The van der Waals surface area contributed by atoms with E-state index in [2.05, 4.69) is 55.0 Å². The maximum absolute atomic E-state index is 13.6. The molecule has 0 spiro atoms. The van der Waals surface area contributed by atoms with Gasteiger partial charge in [0.2, 0.25) is 0 Å². The summed E-state index contributed by atoms with van der Waals surface area (Å²) in [4.78, 5) is 8.83. The fourth-order valence-corrected chi connectivity index (χ4v) is 4.66. The Hall–Kier alpha value is -3.71. The smallest absolute Gasteiger partial charge is 0.174 e. The van der Waals surface area contributed by atoms with Gasteiger partial charge in [-0.25, -0.2) is 4.39 Å². The van der Waals surface area contributed by atoms with Crippen LogP contribution in [-0.4, -0.2) is 28.8 Å². The first-order valence-corrected chi connectivity index (χ1v) is 11.1. The summed E-state index contributed by atoms with van der Waals surface area (Å²) < 4.78 is 15.7.